The van der Waals surface area contributed by atoms with Gasteiger partial charge in [0.05, 0.1) is 5.56 Å². The standard InChI is InChI=1S/C16H21F3N2O2.ClH/c17-12-9-11(13(18)15(22)14(12)19)16(23)21-8-7-20-10-5-3-1-2-4-6-10;/h9-10,20,22H,1-8H2,(H,21,23);1H. The van der Waals surface area contributed by atoms with Gasteiger partial charge in [-0.3, -0.25) is 4.79 Å². The lowest BCUT2D eigenvalue weighted by Crippen LogP contribution is -2.37. The number of halogens is 4. The smallest absolute Gasteiger partial charge is 0.254 e. The van der Waals surface area contributed by atoms with E-state index in [9.17, 15) is 18.0 Å². The van der Waals surface area contributed by atoms with E-state index in [1.807, 2.05) is 0 Å². The highest BCUT2D eigenvalue weighted by molar-refractivity contribution is 5.94. The van der Waals surface area contributed by atoms with Crippen LogP contribution in [-0.4, -0.2) is 30.1 Å². The molecule has 1 fully saturated rings. The van der Waals surface area contributed by atoms with Gasteiger partial charge in [0, 0.05) is 19.1 Å². The van der Waals surface area contributed by atoms with Crippen LogP contribution in [0.15, 0.2) is 6.07 Å². The van der Waals surface area contributed by atoms with Gasteiger partial charge in [0.15, 0.2) is 17.4 Å². The summed E-state index contributed by atoms with van der Waals surface area (Å²) in [6.07, 6.45) is 7.05. The van der Waals surface area contributed by atoms with E-state index >= 15 is 0 Å². The summed E-state index contributed by atoms with van der Waals surface area (Å²) in [5, 5.41) is 14.9. The summed E-state index contributed by atoms with van der Waals surface area (Å²) in [4.78, 5) is 11.8. The molecule has 4 nitrogen and oxygen atoms in total. The molecule has 0 bridgehead atoms. The quantitative estimate of drug-likeness (QED) is 0.426. The number of amides is 1. The minimum absolute atomic E-state index is 0. The van der Waals surface area contributed by atoms with E-state index in [0.29, 0.717) is 18.7 Å². The van der Waals surface area contributed by atoms with E-state index in [0.717, 1.165) is 12.8 Å². The number of carbonyl (C=O) groups excluding carboxylic acids is 1. The second-order valence-electron chi connectivity index (χ2n) is 5.78. The zero-order chi connectivity index (χ0) is 16.8. The Bertz CT molecular complexity index is 565. The van der Waals surface area contributed by atoms with Gasteiger partial charge in [-0.05, 0) is 18.9 Å². The van der Waals surface area contributed by atoms with Crippen molar-refractivity contribution in [1.29, 1.82) is 0 Å². The molecule has 0 unspecified atom stereocenters. The van der Waals surface area contributed by atoms with Crippen LogP contribution in [0.5, 0.6) is 5.75 Å². The van der Waals surface area contributed by atoms with Crippen molar-refractivity contribution in [1.82, 2.24) is 10.6 Å². The van der Waals surface area contributed by atoms with Gasteiger partial charge < -0.3 is 15.7 Å². The summed E-state index contributed by atoms with van der Waals surface area (Å²) < 4.78 is 39.7. The van der Waals surface area contributed by atoms with Crippen LogP contribution in [0.1, 0.15) is 48.9 Å². The summed E-state index contributed by atoms with van der Waals surface area (Å²) in [6, 6.07) is 0.858. The predicted octanol–water partition coefficient (Wildman–Crippen LogP) is 3.27. The van der Waals surface area contributed by atoms with E-state index in [-0.39, 0.29) is 19.0 Å². The van der Waals surface area contributed by atoms with Crippen molar-refractivity contribution in [2.75, 3.05) is 13.1 Å². The van der Waals surface area contributed by atoms with Crippen molar-refractivity contribution in [3.8, 4) is 5.75 Å². The van der Waals surface area contributed by atoms with Crippen molar-refractivity contribution in [2.45, 2.75) is 44.6 Å². The Morgan fingerprint density at radius 3 is 2.33 bits per heavy atom. The maximum absolute atomic E-state index is 13.6. The average Bonchev–Trinajstić information content (AvgIpc) is 2.81. The van der Waals surface area contributed by atoms with Crippen molar-refractivity contribution >= 4 is 18.3 Å². The van der Waals surface area contributed by atoms with Gasteiger partial charge in [0.2, 0.25) is 5.82 Å². The molecule has 1 aromatic rings. The maximum atomic E-state index is 13.6. The van der Waals surface area contributed by atoms with Crippen LogP contribution in [0.2, 0.25) is 0 Å². The number of hydrogen-bond acceptors (Lipinski definition) is 3. The van der Waals surface area contributed by atoms with Gasteiger partial charge in [-0.1, -0.05) is 25.7 Å². The van der Waals surface area contributed by atoms with Crippen LogP contribution in [0, 0.1) is 17.5 Å². The lowest BCUT2D eigenvalue weighted by atomic mass is 10.1. The van der Waals surface area contributed by atoms with Crippen molar-refractivity contribution in [3.05, 3.63) is 29.1 Å². The molecule has 0 spiro atoms. The number of phenolic OH excluding ortho intramolecular Hbond substituents is 1. The Hall–Kier alpha value is -1.47. The maximum Gasteiger partial charge on any atom is 0.254 e. The van der Waals surface area contributed by atoms with Crippen LogP contribution in [0.3, 0.4) is 0 Å². The Labute approximate surface area is 145 Å². The van der Waals surface area contributed by atoms with Gasteiger partial charge >= 0.3 is 0 Å². The third-order valence-electron chi connectivity index (χ3n) is 4.08. The first-order valence-electron chi connectivity index (χ1n) is 7.88. The fourth-order valence-corrected chi connectivity index (χ4v) is 2.79. The lowest BCUT2D eigenvalue weighted by Gasteiger charge is -2.16. The first-order valence-corrected chi connectivity index (χ1v) is 7.88. The lowest BCUT2D eigenvalue weighted by molar-refractivity contribution is 0.0947. The molecule has 2 rings (SSSR count). The minimum atomic E-state index is -1.70. The third kappa shape index (κ3) is 5.27. The summed E-state index contributed by atoms with van der Waals surface area (Å²) in [5.74, 6) is -7.00. The Morgan fingerprint density at radius 2 is 1.71 bits per heavy atom. The topological polar surface area (TPSA) is 61.4 Å². The molecule has 0 saturated heterocycles. The molecule has 0 radical (unpaired) electrons. The molecule has 136 valence electrons. The summed E-state index contributed by atoms with van der Waals surface area (Å²) in [7, 11) is 0. The number of phenols is 1. The molecular formula is C16H22ClF3N2O2. The van der Waals surface area contributed by atoms with E-state index in [1.54, 1.807) is 0 Å². The molecule has 24 heavy (non-hydrogen) atoms. The molecule has 1 amide bonds. The fraction of sp³-hybridized carbons (Fsp3) is 0.562. The molecule has 1 aromatic carbocycles. The third-order valence-corrected chi connectivity index (χ3v) is 4.08. The zero-order valence-corrected chi connectivity index (χ0v) is 14.0. The molecule has 0 aliphatic heterocycles. The van der Waals surface area contributed by atoms with Gasteiger partial charge in [0.1, 0.15) is 0 Å². The molecule has 0 heterocycles. The number of carbonyl (C=O) groups is 1. The first-order chi connectivity index (χ1) is 11.0. The first kappa shape index (κ1) is 20.6. The van der Waals surface area contributed by atoms with Gasteiger partial charge in [-0.15, -0.1) is 12.4 Å². The zero-order valence-electron chi connectivity index (χ0n) is 13.2. The summed E-state index contributed by atoms with van der Waals surface area (Å²) in [5.41, 5.74) is -0.712. The van der Waals surface area contributed by atoms with Crippen molar-refractivity contribution < 1.29 is 23.1 Å². The van der Waals surface area contributed by atoms with E-state index in [4.69, 9.17) is 5.11 Å². The molecular weight excluding hydrogens is 345 g/mol. The molecule has 8 heteroatoms. The van der Waals surface area contributed by atoms with Crippen LogP contribution in [-0.2, 0) is 0 Å². The number of rotatable bonds is 5. The molecule has 3 N–H and O–H groups in total. The highest BCUT2D eigenvalue weighted by Gasteiger charge is 2.22. The van der Waals surface area contributed by atoms with Crippen LogP contribution < -0.4 is 10.6 Å². The SMILES string of the molecule is Cl.O=C(NCCNC1CCCCCC1)c1cc(F)c(F)c(O)c1F. The highest BCUT2D eigenvalue weighted by atomic mass is 35.5. The number of hydrogen-bond donors (Lipinski definition) is 3. The Balaban J connectivity index is 0.00000288. The second kappa shape index (κ2) is 9.74. The van der Waals surface area contributed by atoms with E-state index < -0.39 is 34.7 Å². The normalized spacial score (nSPS) is 15.5. The Kier molecular flexibility index (Phi) is 8.35. The highest BCUT2D eigenvalue weighted by Crippen LogP contribution is 2.25. The summed E-state index contributed by atoms with van der Waals surface area (Å²) >= 11 is 0. The second-order valence-corrected chi connectivity index (χ2v) is 5.78. The molecule has 1 aliphatic carbocycles. The predicted molar refractivity (Wildman–Crippen MR) is 87.1 cm³/mol. The van der Waals surface area contributed by atoms with Crippen LogP contribution >= 0.6 is 12.4 Å². The summed E-state index contributed by atoms with van der Waals surface area (Å²) in [6.45, 7) is 0.738. The van der Waals surface area contributed by atoms with Gasteiger partial charge in [0.25, 0.3) is 5.91 Å². The molecule has 1 aliphatic rings. The van der Waals surface area contributed by atoms with Crippen molar-refractivity contribution in [3.63, 3.8) is 0 Å². The van der Waals surface area contributed by atoms with E-state index in [1.165, 1.54) is 25.7 Å². The fourth-order valence-electron chi connectivity index (χ4n) is 2.79. The monoisotopic (exact) mass is 366 g/mol. The van der Waals surface area contributed by atoms with Crippen LogP contribution in [0.25, 0.3) is 0 Å². The number of nitrogens with one attached hydrogen (secondary N) is 2. The van der Waals surface area contributed by atoms with Crippen LogP contribution in [0.4, 0.5) is 13.2 Å². The average molecular weight is 367 g/mol. The van der Waals surface area contributed by atoms with Gasteiger partial charge in [-0.2, -0.15) is 4.39 Å². The number of benzene rings is 1. The molecule has 0 aromatic heterocycles. The molecule has 1 saturated carbocycles. The Morgan fingerprint density at radius 1 is 1.08 bits per heavy atom. The number of aromatic hydroxyl groups is 1. The molecule has 0 atom stereocenters. The minimum Gasteiger partial charge on any atom is -0.503 e. The largest absolute Gasteiger partial charge is 0.503 e. The van der Waals surface area contributed by atoms with E-state index in [2.05, 4.69) is 10.6 Å². The van der Waals surface area contributed by atoms with Gasteiger partial charge in [-0.25, -0.2) is 8.78 Å². The van der Waals surface area contributed by atoms with Crippen molar-refractivity contribution in [2.24, 2.45) is 0 Å².